The number of halogens is 1. The molecule has 2 aromatic rings. The zero-order valence-corrected chi connectivity index (χ0v) is 12.2. The van der Waals surface area contributed by atoms with Crippen LogP contribution in [0, 0.1) is 0 Å². The molecule has 0 radical (unpaired) electrons. The maximum atomic E-state index is 6.11. The molecule has 0 amide bonds. The summed E-state index contributed by atoms with van der Waals surface area (Å²) in [5.74, 6) is 1.48. The molecule has 106 valence electrons. The first kappa shape index (κ1) is 14.9. The molecule has 0 bridgehead atoms. The Balaban J connectivity index is 2.06. The van der Waals surface area contributed by atoms with Crippen molar-refractivity contribution in [2.24, 2.45) is 0 Å². The van der Waals surface area contributed by atoms with Crippen LogP contribution in [0.4, 0.5) is 0 Å². The summed E-state index contributed by atoms with van der Waals surface area (Å²) in [6.07, 6.45) is 0. The molecule has 0 aromatic heterocycles. The fourth-order valence-corrected chi connectivity index (χ4v) is 1.97. The molecule has 0 aliphatic carbocycles. The lowest BCUT2D eigenvalue weighted by Crippen LogP contribution is -2.18. The van der Waals surface area contributed by atoms with E-state index in [1.165, 1.54) is 0 Å². The number of nitrogens with one attached hydrogen (secondary N) is 1. The molecule has 0 unspecified atom stereocenters. The third kappa shape index (κ3) is 4.23. The predicted molar refractivity (Wildman–Crippen MR) is 81.6 cm³/mol. The summed E-state index contributed by atoms with van der Waals surface area (Å²) in [5.41, 5.74) is 1.09. The van der Waals surface area contributed by atoms with Gasteiger partial charge in [-0.25, -0.2) is 0 Å². The van der Waals surface area contributed by atoms with E-state index in [1.807, 2.05) is 48.5 Å². The van der Waals surface area contributed by atoms with Crippen LogP contribution in [0.15, 0.2) is 48.5 Å². The Hall–Kier alpha value is -1.55. The quantitative estimate of drug-likeness (QED) is 0.786. The molecule has 2 aromatic carbocycles. The van der Waals surface area contributed by atoms with Gasteiger partial charge in [0.2, 0.25) is 0 Å². The minimum atomic E-state index is 0.606. The van der Waals surface area contributed by atoms with Gasteiger partial charge in [-0.05, 0) is 18.2 Å². The van der Waals surface area contributed by atoms with Crippen molar-refractivity contribution in [1.29, 1.82) is 0 Å². The first-order valence-corrected chi connectivity index (χ1v) is 6.89. The number of hydrogen-bond acceptors (Lipinski definition) is 3. The summed E-state index contributed by atoms with van der Waals surface area (Å²) in [6, 6.07) is 15.4. The zero-order chi connectivity index (χ0) is 14.2. The van der Waals surface area contributed by atoms with Crippen molar-refractivity contribution >= 4 is 11.6 Å². The van der Waals surface area contributed by atoms with E-state index in [0.29, 0.717) is 17.4 Å². The molecule has 2 rings (SSSR count). The Morgan fingerprint density at radius 1 is 1.00 bits per heavy atom. The number of para-hydroxylation sites is 2. The maximum Gasteiger partial charge on any atom is 0.146 e. The van der Waals surface area contributed by atoms with Gasteiger partial charge in [-0.2, -0.15) is 0 Å². The molecule has 3 nitrogen and oxygen atoms in total. The van der Waals surface area contributed by atoms with Gasteiger partial charge in [-0.1, -0.05) is 41.9 Å². The van der Waals surface area contributed by atoms with Gasteiger partial charge in [0.25, 0.3) is 0 Å². The van der Waals surface area contributed by atoms with Crippen LogP contribution >= 0.6 is 11.6 Å². The SMILES string of the molecule is COCCNCc1ccccc1Oc1ccccc1Cl. The molecular formula is C16H18ClNO2. The third-order valence-corrected chi connectivity index (χ3v) is 3.14. The second kappa shape index (κ2) is 7.90. The average molecular weight is 292 g/mol. The van der Waals surface area contributed by atoms with Gasteiger partial charge < -0.3 is 14.8 Å². The van der Waals surface area contributed by atoms with Crippen molar-refractivity contribution in [1.82, 2.24) is 5.32 Å². The van der Waals surface area contributed by atoms with Crippen LogP contribution in [-0.4, -0.2) is 20.3 Å². The minimum absolute atomic E-state index is 0.606. The Bertz CT molecular complexity index is 546. The number of hydrogen-bond donors (Lipinski definition) is 1. The fourth-order valence-electron chi connectivity index (χ4n) is 1.79. The molecule has 0 aliphatic rings. The molecule has 0 heterocycles. The van der Waals surface area contributed by atoms with E-state index in [1.54, 1.807) is 7.11 Å². The lowest BCUT2D eigenvalue weighted by molar-refractivity contribution is 0.199. The van der Waals surface area contributed by atoms with Crippen LogP contribution < -0.4 is 10.1 Å². The lowest BCUT2D eigenvalue weighted by Gasteiger charge is -2.12. The number of methoxy groups -OCH3 is 1. The maximum absolute atomic E-state index is 6.11. The van der Waals surface area contributed by atoms with Crippen LogP contribution in [0.2, 0.25) is 5.02 Å². The predicted octanol–water partition coefficient (Wildman–Crippen LogP) is 3.87. The van der Waals surface area contributed by atoms with E-state index in [0.717, 1.165) is 24.4 Å². The summed E-state index contributed by atoms with van der Waals surface area (Å²) in [6.45, 7) is 2.22. The van der Waals surface area contributed by atoms with Gasteiger partial charge in [0.1, 0.15) is 11.5 Å². The topological polar surface area (TPSA) is 30.5 Å². The Labute approximate surface area is 124 Å². The Morgan fingerprint density at radius 3 is 2.45 bits per heavy atom. The molecule has 1 N–H and O–H groups in total. The highest BCUT2D eigenvalue weighted by Gasteiger charge is 2.06. The molecule has 0 fully saturated rings. The van der Waals surface area contributed by atoms with E-state index < -0.39 is 0 Å². The Morgan fingerprint density at radius 2 is 1.70 bits per heavy atom. The molecule has 0 saturated heterocycles. The van der Waals surface area contributed by atoms with Gasteiger partial charge in [0.05, 0.1) is 11.6 Å². The number of rotatable bonds is 7. The van der Waals surface area contributed by atoms with Crippen molar-refractivity contribution in [2.75, 3.05) is 20.3 Å². The Kier molecular flexibility index (Phi) is 5.87. The van der Waals surface area contributed by atoms with Gasteiger partial charge in [0, 0.05) is 25.8 Å². The average Bonchev–Trinajstić information content (AvgIpc) is 2.47. The van der Waals surface area contributed by atoms with Crippen molar-refractivity contribution in [3.8, 4) is 11.5 Å². The number of benzene rings is 2. The first-order chi connectivity index (χ1) is 9.81. The lowest BCUT2D eigenvalue weighted by atomic mass is 10.2. The summed E-state index contributed by atoms with van der Waals surface area (Å²) in [5, 5.41) is 3.91. The van der Waals surface area contributed by atoms with Crippen molar-refractivity contribution < 1.29 is 9.47 Å². The summed E-state index contributed by atoms with van der Waals surface area (Å²) < 4.78 is 10.9. The normalized spacial score (nSPS) is 10.5. The number of ether oxygens (including phenoxy) is 2. The second-order valence-electron chi connectivity index (χ2n) is 4.31. The largest absolute Gasteiger partial charge is 0.455 e. The van der Waals surface area contributed by atoms with Crippen molar-refractivity contribution in [3.05, 3.63) is 59.1 Å². The monoisotopic (exact) mass is 291 g/mol. The molecule has 20 heavy (non-hydrogen) atoms. The van der Waals surface area contributed by atoms with Gasteiger partial charge in [-0.3, -0.25) is 0 Å². The standard InChI is InChI=1S/C16H18ClNO2/c1-19-11-10-18-12-13-6-2-4-8-15(13)20-16-9-5-3-7-14(16)17/h2-9,18H,10-12H2,1H3. The van der Waals surface area contributed by atoms with E-state index in [2.05, 4.69) is 5.32 Å². The summed E-state index contributed by atoms with van der Waals surface area (Å²) in [7, 11) is 1.69. The van der Waals surface area contributed by atoms with Crippen molar-refractivity contribution in [3.63, 3.8) is 0 Å². The van der Waals surface area contributed by atoms with E-state index in [4.69, 9.17) is 21.1 Å². The van der Waals surface area contributed by atoms with E-state index >= 15 is 0 Å². The molecule has 0 atom stereocenters. The smallest absolute Gasteiger partial charge is 0.146 e. The van der Waals surface area contributed by atoms with Gasteiger partial charge in [-0.15, -0.1) is 0 Å². The van der Waals surface area contributed by atoms with Crippen LogP contribution in [-0.2, 0) is 11.3 Å². The second-order valence-corrected chi connectivity index (χ2v) is 4.72. The zero-order valence-electron chi connectivity index (χ0n) is 11.4. The molecule has 0 aliphatic heterocycles. The van der Waals surface area contributed by atoms with Gasteiger partial charge in [0.15, 0.2) is 0 Å². The molecule has 0 saturated carbocycles. The van der Waals surface area contributed by atoms with Crippen LogP contribution in [0.1, 0.15) is 5.56 Å². The van der Waals surface area contributed by atoms with Crippen LogP contribution in [0.3, 0.4) is 0 Å². The minimum Gasteiger partial charge on any atom is -0.455 e. The van der Waals surface area contributed by atoms with E-state index in [-0.39, 0.29) is 0 Å². The molecule has 4 heteroatoms. The van der Waals surface area contributed by atoms with Crippen LogP contribution in [0.5, 0.6) is 11.5 Å². The highest BCUT2D eigenvalue weighted by Crippen LogP contribution is 2.30. The summed E-state index contributed by atoms with van der Waals surface area (Å²) in [4.78, 5) is 0. The fraction of sp³-hybridized carbons (Fsp3) is 0.250. The van der Waals surface area contributed by atoms with E-state index in [9.17, 15) is 0 Å². The van der Waals surface area contributed by atoms with Crippen molar-refractivity contribution in [2.45, 2.75) is 6.54 Å². The van der Waals surface area contributed by atoms with Gasteiger partial charge >= 0.3 is 0 Å². The highest BCUT2D eigenvalue weighted by molar-refractivity contribution is 6.32. The molecule has 0 spiro atoms. The highest BCUT2D eigenvalue weighted by atomic mass is 35.5. The summed E-state index contributed by atoms with van der Waals surface area (Å²) >= 11 is 6.11. The first-order valence-electron chi connectivity index (χ1n) is 6.51. The molecular weight excluding hydrogens is 274 g/mol. The van der Waals surface area contributed by atoms with Crippen LogP contribution in [0.25, 0.3) is 0 Å². The third-order valence-electron chi connectivity index (χ3n) is 2.83.